The summed E-state index contributed by atoms with van der Waals surface area (Å²) in [6.45, 7) is 0.858. The molecule has 2 atom stereocenters. The van der Waals surface area contributed by atoms with Gasteiger partial charge in [0, 0.05) is 26.7 Å². The first-order valence-electron chi connectivity index (χ1n) is 5.29. The third-order valence-electron chi connectivity index (χ3n) is 2.45. The van der Waals surface area contributed by atoms with Gasteiger partial charge in [0.2, 0.25) is 5.91 Å². The van der Waals surface area contributed by atoms with E-state index in [9.17, 15) is 9.59 Å². The van der Waals surface area contributed by atoms with Crippen LogP contribution in [0.3, 0.4) is 0 Å². The number of amides is 1. The Morgan fingerprint density at radius 2 is 2.38 bits per heavy atom. The largest absolute Gasteiger partial charge is 0.480 e. The standard InChI is InChI=1S/C10H17NO5/c1-15-6-4-7(10(13)14)11-9(12)8-3-2-5-16-8/h7-8H,2-6H2,1H3,(H,11,12)(H,13,14). The van der Waals surface area contributed by atoms with Gasteiger partial charge in [-0.15, -0.1) is 0 Å². The van der Waals surface area contributed by atoms with Gasteiger partial charge in [-0.2, -0.15) is 0 Å². The van der Waals surface area contributed by atoms with Crippen LogP contribution >= 0.6 is 0 Å². The Hall–Kier alpha value is -1.14. The summed E-state index contributed by atoms with van der Waals surface area (Å²) in [7, 11) is 1.49. The van der Waals surface area contributed by atoms with E-state index < -0.39 is 18.1 Å². The fraction of sp³-hybridized carbons (Fsp3) is 0.800. The minimum Gasteiger partial charge on any atom is -0.480 e. The molecule has 2 unspecified atom stereocenters. The summed E-state index contributed by atoms with van der Waals surface area (Å²) in [6, 6.07) is -0.906. The Morgan fingerprint density at radius 1 is 1.62 bits per heavy atom. The van der Waals surface area contributed by atoms with Crippen molar-refractivity contribution in [3.05, 3.63) is 0 Å². The van der Waals surface area contributed by atoms with Crippen molar-refractivity contribution in [2.45, 2.75) is 31.4 Å². The van der Waals surface area contributed by atoms with Gasteiger partial charge in [0.05, 0.1) is 0 Å². The number of ether oxygens (including phenoxy) is 2. The number of rotatable bonds is 6. The lowest BCUT2D eigenvalue weighted by Crippen LogP contribution is -2.45. The van der Waals surface area contributed by atoms with Gasteiger partial charge in [0.1, 0.15) is 12.1 Å². The molecule has 1 aliphatic rings. The molecule has 6 heteroatoms. The van der Waals surface area contributed by atoms with Gasteiger partial charge in [-0.1, -0.05) is 0 Å². The number of hydrogen-bond acceptors (Lipinski definition) is 4. The number of nitrogens with one attached hydrogen (secondary N) is 1. The predicted molar refractivity (Wildman–Crippen MR) is 55.0 cm³/mol. The highest BCUT2D eigenvalue weighted by atomic mass is 16.5. The number of carboxylic acid groups (broad SMARTS) is 1. The molecule has 0 saturated carbocycles. The molecule has 6 nitrogen and oxygen atoms in total. The molecule has 1 rings (SSSR count). The van der Waals surface area contributed by atoms with Crippen molar-refractivity contribution >= 4 is 11.9 Å². The third kappa shape index (κ3) is 3.79. The molecule has 0 spiro atoms. The second kappa shape index (κ2) is 6.44. The molecule has 1 fully saturated rings. The smallest absolute Gasteiger partial charge is 0.326 e. The maximum atomic E-state index is 11.6. The average molecular weight is 231 g/mol. The molecule has 1 aliphatic heterocycles. The van der Waals surface area contributed by atoms with E-state index in [1.54, 1.807) is 0 Å². The molecular formula is C10H17NO5. The van der Waals surface area contributed by atoms with Crippen molar-refractivity contribution in [1.29, 1.82) is 0 Å². The number of aliphatic carboxylic acids is 1. The second-order valence-electron chi connectivity index (χ2n) is 3.68. The van der Waals surface area contributed by atoms with Crippen molar-refractivity contribution < 1.29 is 24.2 Å². The van der Waals surface area contributed by atoms with Crippen LogP contribution in [0.5, 0.6) is 0 Å². The number of carboxylic acids is 1. The zero-order valence-electron chi connectivity index (χ0n) is 9.27. The van der Waals surface area contributed by atoms with E-state index in [0.29, 0.717) is 19.6 Å². The Labute approximate surface area is 93.9 Å². The van der Waals surface area contributed by atoms with Gasteiger partial charge >= 0.3 is 5.97 Å². The zero-order chi connectivity index (χ0) is 12.0. The van der Waals surface area contributed by atoms with Crippen LogP contribution < -0.4 is 5.32 Å². The van der Waals surface area contributed by atoms with Crippen molar-refractivity contribution in [1.82, 2.24) is 5.32 Å². The van der Waals surface area contributed by atoms with Gasteiger partial charge in [-0.05, 0) is 12.8 Å². The minimum atomic E-state index is -1.05. The molecule has 2 N–H and O–H groups in total. The molecule has 16 heavy (non-hydrogen) atoms. The molecular weight excluding hydrogens is 214 g/mol. The summed E-state index contributed by atoms with van der Waals surface area (Å²) in [5.41, 5.74) is 0. The van der Waals surface area contributed by atoms with E-state index in [4.69, 9.17) is 14.6 Å². The van der Waals surface area contributed by atoms with Crippen LogP contribution in [0.4, 0.5) is 0 Å². The first-order chi connectivity index (χ1) is 7.65. The van der Waals surface area contributed by atoms with Crippen LogP contribution in [0.15, 0.2) is 0 Å². The highest BCUT2D eigenvalue weighted by Crippen LogP contribution is 2.12. The topological polar surface area (TPSA) is 84.9 Å². The summed E-state index contributed by atoms with van der Waals surface area (Å²) in [5, 5.41) is 11.3. The molecule has 1 saturated heterocycles. The molecule has 92 valence electrons. The van der Waals surface area contributed by atoms with Crippen LogP contribution in [0, 0.1) is 0 Å². The molecule has 0 aromatic heterocycles. The average Bonchev–Trinajstić information content (AvgIpc) is 2.76. The summed E-state index contributed by atoms with van der Waals surface area (Å²) in [4.78, 5) is 22.4. The van der Waals surface area contributed by atoms with Gasteiger partial charge < -0.3 is 19.9 Å². The molecule has 1 heterocycles. The Balaban J connectivity index is 2.40. The van der Waals surface area contributed by atoms with Crippen molar-refractivity contribution in [2.24, 2.45) is 0 Å². The molecule has 0 radical (unpaired) electrons. The van der Waals surface area contributed by atoms with Gasteiger partial charge in [0.25, 0.3) is 0 Å². The highest BCUT2D eigenvalue weighted by molar-refractivity contribution is 5.86. The van der Waals surface area contributed by atoms with Crippen LogP contribution in [0.2, 0.25) is 0 Å². The zero-order valence-corrected chi connectivity index (χ0v) is 9.27. The fourth-order valence-corrected chi connectivity index (χ4v) is 1.54. The first-order valence-corrected chi connectivity index (χ1v) is 5.29. The Bertz CT molecular complexity index is 250. The quantitative estimate of drug-likeness (QED) is 0.659. The Morgan fingerprint density at radius 3 is 2.88 bits per heavy atom. The lowest BCUT2D eigenvalue weighted by molar-refractivity contribution is -0.144. The molecule has 0 aromatic carbocycles. The van der Waals surface area contributed by atoms with E-state index in [1.807, 2.05) is 0 Å². The SMILES string of the molecule is COCCC(NC(=O)C1CCCO1)C(=O)O. The summed E-state index contributed by atoms with van der Waals surface area (Å²) >= 11 is 0. The number of hydrogen-bond donors (Lipinski definition) is 2. The molecule has 1 amide bonds. The van der Waals surface area contributed by atoms with E-state index in [-0.39, 0.29) is 12.3 Å². The molecule has 0 aromatic rings. The van der Waals surface area contributed by atoms with Crippen LogP contribution in [-0.4, -0.2) is 49.5 Å². The fourth-order valence-electron chi connectivity index (χ4n) is 1.54. The predicted octanol–water partition coefficient (Wildman–Crippen LogP) is -0.229. The first kappa shape index (κ1) is 12.9. The summed E-state index contributed by atoms with van der Waals surface area (Å²) in [6.07, 6.45) is 1.25. The minimum absolute atomic E-state index is 0.254. The van der Waals surface area contributed by atoms with Gasteiger partial charge in [0.15, 0.2) is 0 Å². The van der Waals surface area contributed by atoms with E-state index >= 15 is 0 Å². The van der Waals surface area contributed by atoms with Gasteiger partial charge in [-0.3, -0.25) is 4.79 Å². The summed E-state index contributed by atoms with van der Waals surface area (Å²) < 4.78 is 9.95. The Kier molecular flexibility index (Phi) is 5.21. The maximum Gasteiger partial charge on any atom is 0.326 e. The van der Waals surface area contributed by atoms with Crippen molar-refractivity contribution in [3.63, 3.8) is 0 Å². The lowest BCUT2D eigenvalue weighted by atomic mass is 10.2. The maximum absolute atomic E-state index is 11.6. The normalized spacial score (nSPS) is 21.7. The van der Waals surface area contributed by atoms with Crippen molar-refractivity contribution in [2.75, 3.05) is 20.3 Å². The molecule has 0 bridgehead atoms. The lowest BCUT2D eigenvalue weighted by Gasteiger charge is -2.16. The van der Waals surface area contributed by atoms with E-state index in [1.165, 1.54) is 7.11 Å². The van der Waals surface area contributed by atoms with E-state index in [2.05, 4.69) is 5.32 Å². The molecule has 0 aliphatic carbocycles. The number of methoxy groups -OCH3 is 1. The highest BCUT2D eigenvalue weighted by Gasteiger charge is 2.27. The van der Waals surface area contributed by atoms with Crippen LogP contribution in [0.25, 0.3) is 0 Å². The van der Waals surface area contributed by atoms with Gasteiger partial charge in [-0.25, -0.2) is 4.79 Å². The summed E-state index contributed by atoms with van der Waals surface area (Å²) in [5.74, 6) is -1.40. The second-order valence-corrected chi connectivity index (χ2v) is 3.68. The van der Waals surface area contributed by atoms with Crippen LogP contribution in [0.1, 0.15) is 19.3 Å². The van der Waals surface area contributed by atoms with Crippen molar-refractivity contribution in [3.8, 4) is 0 Å². The number of carbonyl (C=O) groups excluding carboxylic acids is 1. The number of carbonyl (C=O) groups is 2. The van der Waals surface area contributed by atoms with E-state index in [0.717, 1.165) is 6.42 Å². The van der Waals surface area contributed by atoms with Crippen LogP contribution in [-0.2, 0) is 19.1 Å². The third-order valence-corrected chi connectivity index (χ3v) is 2.45. The monoisotopic (exact) mass is 231 g/mol.